The number of carbonyl (C=O) groups is 4. The number of aromatic carboxylic acids is 1. The predicted octanol–water partition coefficient (Wildman–Crippen LogP) is 8.30. The molecule has 0 bridgehead atoms. The SMILES string of the molecule is CC[C@]1(C)CN(C2CCCC2)c2nc(Nc3ccc(C(=O)NC4CCN(C)CC4)cc3OC)ncc2N(C)C1=O.CC[C@]1(C)CN(C2CCCC2)c2nc(Nc3ccc(C(=O)O)cc3OC)ncc2N(C)C1=O.CN1CCC(N)CC1. The molecule has 6 N–H and O–H groups in total. The first kappa shape index (κ1) is 60.3. The number of ether oxygens (including phenoxy) is 2. The number of nitrogens with two attached hydrogens (primary N) is 1. The van der Waals surface area contributed by atoms with Crippen LogP contribution in [-0.4, -0.2) is 164 Å². The van der Waals surface area contributed by atoms with Gasteiger partial charge in [-0.05, 0) is 155 Å². The van der Waals surface area contributed by atoms with Crippen LogP contribution in [0.2, 0.25) is 0 Å². The monoisotopic (exact) mass is 1120 g/mol. The molecule has 3 amide bonds. The minimum atomic E-state index is -1.03. The van der Waals surface area contributed by atoms with E-state index in [-0.39, 0.29) is 29.3 Å². The zero-order valence-corrected chi connectivity index (χ0v) is 49.5. The Bertz CT molecular complexity index is 2840. The van der Waals surface area contributed by atoms with E-state index in [1.807, 2.05) is 20.0 Å². The molecule has 4 aromatic rings. The lowest BCUT2D eigenvalue weighted by Crippen LogP contribution is -2.46. The first-order valence-electron chi connectivity index (χ1n) is 29.2. The van der Waals surface area contributed by atoms with E-state index in [1.165, 1.54) is 70.9 Å². The molecule has 0 unspecified atom stereocenters. The van der Waals surface area contributed by atoms with Gasteiger partial charge in [-0.2, -0.15) is 9.97 Å². The van der Waals surface area contributed by atoms with Crippen LogP contribution in [0, 0.1) is 10.8 Å². The fourth-order valence-electron chi connectivity index (χ4n) is 11.9. The summed E-state index contributed by atoms with van der Waals surface area (Å²) in [5, 5.41) is 18.9. The van der Waals surface area contributed by atoms with E-state index in [4.69, 9.17) is 25.2 Å². The number of likely N-dealkylation sites (tertiary alicyclic amines) is 2. The normalized spacial score (nSPS) is 22.4. The summed E-state index contributed by atoms with van der Waals surface area (Å²) in [5.41, 5.74) is 8.00. The molecule has 2 aromatic heterocycles. The number of aromatic nitrogens is 4. The highest BCUT2D eigenvalue weighted by molar-refractivity contribution is 6.02. The summed E-state index contributed by atoms with van der Waals surface area (Å²) in [4.78, 5) is 82.6. The molecule has 0 radical (unpaired) electrons. The highest BCUT2D eigenvalue weighted by Gasteiger charge is 2.45. The third kappa shape index (κ3) is 13.9. The molecule has 2 saturated heterocycles. The second kappa shape index (κ2) is 26.4. The maximum Gasteiger partial charge on any atom is 0.335 e. The van der Waals surface area contributed by atoms with Crippen molar-refractivity contribution in [1.29, 1.82) is 0 Å². The Balaban J connectivity index is 0.000000189. The van der Waals surface area contributed by atoms with Crippen molar-refractivity contribution in [2.45, 2.75) is 142 Å². The lowest BCUT2D eigenvalue weighted by Gasteiger charge is -2.35. The summed E-state index contributed by atoms with van der Waals surface area (Å²) in [5.74, 6) is 2.26. The van der Waals surface area contributed by atoms with Gasteiger partial charge in [0.1, 0.15) is 22.9 Å². The Kier molecular flexibility index (Phi) is 19.6. The first-order chi connectivity index (χ1) is 38.8. The van der Waals surface area contributed by atoms with Gasteiger partial charge in [-0.15, -0.1) is 0 Å². The van der Waals surface area contributed by atoms with Crippen LogP contribution in [0.1, 0.15) is 138 Å². The average molecular weight is 1120 g/mol. The number of carboxylic acid groups (broad SMARTS) is 1. The van der Waals surface area contributed by atoms with E-state index in [9.17, 15) is 24.3 Å². The average Bonchev–Trinajstić information content (AvgIpc) is 4.43. The van der Waals surface area contributed by atoms with E-state index < -0.39 is 16.8 Å². The third-order valence-electron chi connectivity index (χ3n) is 17.8. The number of amides is 3. The minimum absolute atomic E-state index is 0.0713. The molecule has 6 heterocycles. The first-order valence-corrected chi connectivity index (χ1v) is 29.2. The Hall–Kier alpha value is -6.84. The number of nitrogens with one attached hydrogen (secondary N) is 3. The zero-order valence-electron chi connectivity index (χ0n) is 49.5. The van der Waals surface area contributed by atoms with Crippen LogP contribution in [0.5, 0.6) is 11.5 Å². The molecule has 10 rings (SSSR count). The van der Waals surface area contributed by atoms with Crippen molar-refractivity contribution in [2.24, 2.45) is 16.6 Å². The van der Waals surface area contributed by atoms with Gasteiger partial charge in [0, 0.05) is 56.9 Å². The smallest absolute Gasteiger partial charge is 0.335 e. The molecule has 2 atom stereocenters. The summed E-state index contributed by atoms with van der Waals surface area (Å²) in [7, 11) is 10.9. The number of benzene rings is 2. The number of piperidine rings is 2. The second-order valence-corrected chi connectivity index (χ2v) is 23.6. The molecule has 81 heavy (non-hydrogen) atoms. The van der Waals surface area contributed by atoms with Gasteiger partial charge in [0.2, 0.25) is 23.7 Å². The van der Waals surface area contributed by atoms with Crippen LogP contribution in [0.15, 0.2) is 48.8 Å². The molecular weight excluding hydrogens is 1030 g/mol. The van der Waals surface area contributed by atoms with Gasteiger partial charge in [-0.1, -0.05) is 39.5 Å². The van der Waals surface area contributed by atoms with Crippen LogP contribution in [0.4, 0.5) is 46.3 Å². The van der Waals surface area contributed by atoms with E-state index in [1.54, 1.807) is 54.6 Å². The van der Waals surface area contributed by atoms with E-state index in [0.717, 1.165) is 81.8 Å². The second-order valence-electron chi connectivity index (χ2n) is 23.6. The van der Waals surface area contributed by atoms with E-state index in [0.29, 0.717) is 77.2 Å². The van der Waals surface area contributed by atoms with Crippen molar-refractivity contribution >= 4 is 70.0 Å². The lowest BCUT2D eigenvalue weighted by molar-refractivity contribution is -0.127. The molecule has 21 nitrogen and oxygen atoms in total. The fourth-order valence-corrected chi connectivity index (χ4v) is 11.9. The number of anilines is 8. The molecule has 6 aliphatic rings. The summed E-state index contributed by atoms with van der Waals surface area (Å²) in [6.07, 6.45) is 18.2. The molecule has 2 aliphatic carbocycles. The number of fused-ring (bicyclic) bond motifs is 2. The van der Waals surface area contributed by atoms with E-state index >= 15 is 0 Å². The highest BCUT2D eigenvalue weighted by atomic mass is 16.5. The lowest BCUT2D eigenvalue weighted by atomic mass is 9.85. The van der Waals surface area contributed by atoms with Gasteiger partial charge in [0.25, 0.3) is 5.91 Å². The summed E-state index contributed by atoms with van der Waals surface area (Å²) in [6.45, 7) is 13.8. The zero-order chi connectivity index (χ0) is 58.2. The van der Waals surface area contributed by atoms with Gasteiger partial charge in [0.15, 0.2) is 11.6 Å². The van der Waals surface area contributed by atoms with Gasteiger partial charge >= 0.3 is 5.97 Å². The molecule has 440 valence electrons. The number of methoxy groups -OCH3 is 2. The fraction of sp³-hybridized carbons (Fsp3) is 0.600. The van der Waals surface area contributed by atoms with Crippen molar-refractivity contribution < 1.29 is 33.8 Å². The Morgan fingerprint density at radius 1 is 0.642 bits per heavy atom. The summed E-state index contributed by atoms with van der Waals surface area (Å²) < 4.78 is 11.0. The quantitative estimate of drug-likeness (QED) is 0.0846. The molecule has 4 fully saturated rings. The van der Waals surface area contributed by atoms with Crippen LogP contribution in [-0.2, 0) is 9.59 Å². The standard InChI is InChI=1S/C30H43N7O3.C24H31N5O4.C6H14N2/c1-6-30(2)19-37(22-9-7-8-10-22)26-24(36(4)28(30)39)18-31-29(34-26)33-23-12-11-20(17-25(23)40-5)27(38)32-21-13-15-35(3)16-14-21;1-5-24(2)14-29(16-8-6-7-9-16)20-18(28(3)22(24)32)13-25-23(27-20)26-17-11-10-15(21(30)31)12-19(17)33-4;1-8-4-2-6(7)3-5-8/h11-12,17-18,21-22H,6-10,13-16,19H2,1-5H3,(H,32,38)(H,31,33,34);10-13,16H,5-9,14H2,1-4H3,(H,30,31)(H,25,26,27);6H,2-5,7H2,1H3/t30-;24-;/m11./s1. The van der Waals surface area contributed by atoms with Gasteiger partial charge in [-0.25, -0.2) is 14.8 Å². The molecular formula is C60H88N14O7. The van der Waals surface area contributed by atoms with Crippen LogP contribution >= 0.6 is 0 Å². The van der Waals surface area contributed by atoms with Crippen molar-refractivity contribution in [1.82, 2.24) is 35.1 Å². The van der Waals surface area contributed by atoms with Crippen LogP contribution in [0.3, 0.4) is 0 Å². The van der Waals surface area contributed by atoms with Crippen LogP contribution in [0.25, 0.3) is 0 Å². The van der Waals surface area contributed by atoms with Crippen molar-refractivity contribution in [3.63, 3.8) is 0 Å². The number of rotatable bonds is 13. The number of hydrogen-bond acceptors (Lipinski definition) is 17. The minimum Gasteiger partial charge on any atom is -0.495 e. The highest BCUT2D eigenvalue weighted by Crippen LogP contribution is 2.44. The topological polar surface area (TPSA) is 240 Å². The number of carbonyl (C=O) groups excluding carboxylic acids is 3. The Labute approximate surface area is 478 Å². The Morgan fingerprint density at radius 3 is 1.44 bits per heavy atom. The predicted molar refractivity (Wildman–Crippen MR) is 319 cm³/mol. The summed E-state index contributed by atoms with van der Waals surface area (Å²) in [6, 6.07) is 11.3. The maximum absolute atomic E-state index is 13.5. The molecule has 4 aliphatic heterocycles. The van der Waals surface area contributed by atoms with Gasteiger partial charge in [-0.3, -0.25) is 14.4 Å². The van der Waals surface area contributed by atoms with Gasteiger partial charge in [0.05, 0.1) is 54.4 Å². The third-order valence-corrected chi connectivity index (χ3v) is 17.8. The van der Waals surface area contributed by atoms with Crippen molar-refractivity contribution in [2.75, 3.05) is 112 Å². The van der Waals surface area contributed by atoms with Crippen molar-refractivity contribution in [3.8, 4) is 11.5 Å². The van der Waals surface area contributed by atoms with Crippen molar-refractivity contribution in [3.05, 3.63) is 59.9 Å². The molecule has 21 heteroatoms. The molecule has 2 aromatic carbocycles. The largest absolute Gasteiger partial charge is 0.495 e. The van der Waals surface area contributed by atoms with Gasteiger partial charge < -0.3 is 65.7 Å². The van der Waals surface area contributed by atoms with Crippen LogP contribution < -0.4 is 50.8 Å². The summed E-state index contributed by atoms with van der Waals surface area (Å²) >= 11 is 0. The number of nitrogens with zero attached hydrogens (tertiary/aromatic N) is 10. The Morgan fingerprint density at radius 2 is 1.05 bits per heavy atom. The maximum atomic E-state index is 13.5. The number of hydrogen-bond donors (Lipinski definition) is 5. The molecule has 0 spiro atoms. The van der Waals surface area contributed by atoms with E-state index in [2.05, 4.69) is 80.4 Å². The number of carboxylic acids is 1. The molecule has 2 saturated carbocycles.